The van der Waals surface area contributed by atoms with Gasteiger partial charge in [0, 0.05) is 17.0 Å². The van der Waals surface area contributed by atoms with Crippen LogP contribution in [0.4, 0.5) is 11.4 Å². The summed E-state index contributed by atoms with van der Waals surface area (Å²) in [4.78, 5) is 24.4. The number of nitrogens with one attached hydrogen (secondary N) is 2. The van der Waals surface area contributed by atoms with Gasteiger partial charge < -0.3 is 15.4 Å². The second-order valence-corrected chi connectivity index (χ2v) is 8.44. The van der Waals surface area contributed by atoms with Crippen molar-refractivity contribution in [1.82, 2.24) is 0 Å². The van der Waals surface area contributed by atoms with Crippen molar-refractivity contribution in [1.29, 1.82) is 0 Å². The van der Waals surface area contributed by atoms with Crippen LogP contribution in [0.5, 0.6) is 0 Å². The molecule has 0 aromatic heterocycles. The minimum atomic E-state index is -3.46. The van der Waals surface area contributed by atoms with Crippen LogP contribution >= 0.6 is 11.6 Å². The Bertz CT molecular complexity index is 1010. The first-order valence-corrected chi connectivity index (χ1v) is 10.7. The van der Waals surface area contributed by atoms with Crippen LogP contribution in [-0.2, 0) is 19.4 Å². The second-order valence-electron chi connectivity index (χ2n) is 6.02. The highest BCUT2D eigenvalue weighted by Gasteiger charge is 2.17. The van der Waals surface area contributed by atoms with Gasteiger partial charge in [0.1, 0.15) is 0 Å². The van der Waals surface area contributed by atoms with Crippen molar-refractivity contribution in [2.45, 2.75) is 18.7 Å². The molecule has 0 spiro atoms. The molecule has 0 saturated carbocycles. The Morgan fingerprint density at radius 1 is 1.14 bits per heavy atom. The van der Waals surface area contributed by atoms with Crippen molar-refractivity contribution in [3.05, 3.63) is 52.5 Å². The lowest BCUT2D eigenvalue weighted by atomic mass is 10.1. The molecule has 2 rings (SSSR count). The summed E-state index contributed by atoms with van der Waals surface area (Å²) in [5.74, 6) is -0.952. The number of amides is 1. The molecule has 28 heavy (non-hydrogen) atoms. The number of rotatable bonds is 7. The maximum absolute atomic E-state index is 12.3. The normalized spacial score (nSPS) is 11.0. The molecule has 7 nitrogen and oxygen atoms in total. The molecule has 0 bridgehead atoms. The third-order valence-corrected chi connectivity index (χ3v) is 5.30. The molecule has 0 fully saturated rings. The zero-order chi connectivity index (χ0) is 20.9. The molecule has 0 aliphatic heterocycles. The van der Waals surface area contributed by atoms with E-state index in [0.717, 1.165) is 6.26 Å². The quantitative estimate of drug-likeness (QED) is 0.661. The van der Waals surface area contributed by atoms with Crippen LogP contribution in [0.25, 0.3) is 0 Å². The number of halogens is 1. The summed E-state index contributed by atoms with van der Waals surface area (Å²) < 4.78 is 28.7. The average Bonchev–Trinajstić information content (AvgIpc) is 2.62. The number of esters is 1. The molecule has 2 aromatic rings. The summed E-state index contributed by atoms with van der Waals surface area (Å²) >= 11 is 6.00. The lowest BCUT2D eigenvalue weighted by Crippen LogP contribution is -2.23. The maximum Gasteiger partial charge on any atom is 0.340 e. The van der Waals surface area contributed by atoms with Crippen molar-refractivity contribution in [3.8, 4) is 0 Å². The summed E-state index contributed by atoms with van der Waals surface area (Å²) in [7, 11) is -3.46. The lowest BCUT2D eigenvalue weighted by molar-refractivity contribution is -0.114. The van der Waals surface area contributed by atoms with Crippen LogP contribution in [0.15, 0.2) is 41.3 Å². The van der Waals surface area contributed by atoms with Crippen LogP contribution in [0.2, 0.25) is 5.02 Å². The fourth-order valence-electron chi connectivity index (χ4n) is 2.57. The Hall–Kier alpha value is -2.58. The molecule has 1 amide bonds. The van der Waals surface area contributed by atoms with E-state index in [1.165, 1.54) is 6.07 Å². The topological polar surface area (TPSA) is 102 Å². The van der Waals surface area contributed by atoms with E-state index in [9.17, 15) is 18.0 Å². The standard InChI is InChI=1S/C19H21ClN2O5S/c1-4-27-19(24)14-7-5-6-8-15(14)22-18(23)11-21-16-9-13(20)10-17(12(16)2)28(3,25)26/h5-10,21H,4,11H2,1-3H3,(H,22,23). The summed E-state index contributed by atoms with van der Waals surface area (Å²) in [6.07, 6.45) is 1.09. The maximum atomic E-state index is 12.3. The van der Waals surface area contributed by atoms with Gasteiger partial charge >= 0.3 is 5.97 Å². The smallest absolute Gasteiger partial charge is 0.340 e. The Kier molecular flexibility index (Phi) is 7.04. The second kappa shape index (κ2) is 9.07. The number of carbonyl (C=O) groups is 2. The molecule has 9 heteroatoms. The number of hydrogen-bond acceptors (Lipinski definition) is 6. The molecule has 0 radical (unpaired) electrons. The van der Waals surface area contributed by atoms with E-state index in [2.05, 4.69) is 10.6 Å². The average molecular weight is 425 g/mol. The Morgan fingerprint density at radius 2 is 1.82 bits per heavy atom. The fraction of sp³-hybridized carbons (Fsp3) is 0.263. The molecular formula is C19H21ClN2O5S. The largest absolute Gasteiger partial charge is 0.462 e. The number of hydrogen-bond donors (Lipinski definition) is 2. The van der Waals surface area contributed by atoms with Gasteiger partial charge in [0.25, 0.3) is 0 Å². The van der Waals surface area contributed by atoms with Gasteiger partial charge in [0.2, 0.25) is 5.91 Å². The van der Waals surface area contributed by atoms with Gasteiger partial charge in [-0.3, -0.25) is 4.79 Å². The molecule has 150 valence electrons. The van der Waals surface area contributed by atoms with E-state index in [0.29, 0.717) is 16.9 Å². The molecule has 0 unspecified atom stereocenters. The monoisotopic (exact) mass is 424 g/mol. The first-order chi connectivity index (χ1) is 13.1. The van der Waals surface area contributed by atoms with Crippen LogP contribution in [0.1, 0.15) is 22.8 Å². The predicted molar refractivity (Wildman–Crippen MR) is 109 cm³/mol. The van der Waals surface area contributed by atoms with Crippen molar-refractivity contribution < 1.29 is 22.7 Å². The van der Waals surface area contributed by atoms with Crippen LogP contribution < -0.4 is 10.6 Å². The van der Waals surface area contributed by atoms with Gasteiger partial charge in [0.15, 0.2) is 9.84 Å². The highest BCUT2D eigenvalue weighted by molar-refractivity contribution is 7.90. The number of anilines is 2. The van der Waals surface area contributed by atoms with E-state index in [1.807, 2.05) is 0 Å². The number of sulfone groups is 1. The zero-order valence-electron chi connectivity index (χ0n) is 15.7. The van der Waals surface area contributed by atoms with Crippen LogP contribution in [-0.4, -0.2) is 39.7 Å². The molecule has 0 atom stereocenters. The summed E-state index contributed by atoms with van der Waals surface area (Å²) in [6, 6.07) is 9.42. The number of carbonyl (C=O) groups excluding carboxylic acids is 2. The van der Waals surface area contributed by atoms with Gasteiger partial charge in [0.05, 0.1) is 29.3 Å². The Morgan fingerprint density at radius 3 is 2.46 bits per heavy atom. The van der Waals surface area contributed by atoms with E-state index < -0.39 is 21.7 Å². The van der Waals surface area contributed by atoms with E-state index >= 15 is 0 Å². The van der Waals surface area contributed by atoms with Crippen LogP contribution in [0, 0.1) is 6.92 Å². The lowest BCUT2D eigenvalue weighted by Gasteiger charge is -2.14. The first-order valence-electron chi connectivity index (χ1n) is 8.43. The van der Waals surface area contributed by atoms with E-state index in [1.54, 1.807) is 44.2 Å². The van der Waals surface area contributed by atoms with Crippen molar-refractivity contribution in [3.63, 3.8) is 0 Å². The molecule has 0 heterocycles. The van der Waals surface area contributed by atoms with Crippen LogP contribution in [0.3, 0.4) is 0 Å². The van der Waals surface area contributed by atoms with Gasteiger partial charge in [-0.2, -0.15) is 0 Å². The highest BCUT2D eigenvalue weighted by Crippen LogP contribution is 2.28. The fourth-order valence-corrected chi connectivity index (χ4v) is 3.86. The van der Waals surface area contributed by atoms with E-state index in [4.69, 9.17) is 16.3 Å². The predicted octanol–water partition coefficient (Wildman–Crippen LogP) is 3.28. The molecular weight excluding hydrogens is 404 g/mol. The summed E-state index contributed by atoms with van der Waals surface area (Å²) in [5.41, 5.74) is 1.47. The first kappa shape index (κ1) is 21.7. The van der Waals surface area contributed by atoms with Gasteiger partial charge in [-0.15, -0.1) is 0 Å². The summed E-state index contributed by atoms with van der Waals surface area (Å²) in [5, 5.41) is 5.77. The SMILES string of the molecule is CCOC(=O)c1ccccc1NC(=O)CNc1cc(Cl)cc(S(C)(=O)=O)c1C. The molecule has 0 aliphatic rings. The minimum Gasteiger partial charge on any atom is -0.462 e. The van der Waals surface area contributed by atoms with Gasteiger partial charge in [-0.25, -0.2) is 13.2 Å². The highest BCUT2D eigenvalue weighted by atomic mass is 35.5. The number of benzene rings is 2. The molecule has 2 N–H and O–H groups in total. The van der Waals surface area contributed by atoms with Crippen molar-refractivity contribution in [2.75, 3.05) is 30.0 Å². The number of ether oxygens (including phenoxy) is 1. The Labute approximate surface area is 169 Å². The molecule has 0 saturated heterocycles. The Balaban J connectivity index is 2.15. The van der Waals surface area contributed by atoms with Gasteiger partial charge in [-0.1, -0.05) is 23.7 Å². The van der Waals surface area contributed by atoms with Crippen molar-refractivity contribution in [2.24, 2.45) is 0 Å². The third-order valence-electron chi connectivity index (χ3n) is 3.86. The molecule has 0 aliphatic carbocycles. The third kappa shape index (κ3) is 5.46. The zero-order valence-corrected chi connectivity index (χ0v) is 17.3. The number of para-hydroxylation sites is 1. The minimum absolute atomic E-state index is 0.0931. The van der Waals surface area contributed by atoms with Gasteiger partial charge in [-0.05, 0) is 43.7 Å². The van der Waals surface area contributed by atoms with Crippen molar-refractivity contribution >= 4 is 44.7 Å². The molecule has 2 aromatic carbocycles. The summed E-state index contributed by atoms with van der Waals surface area (Å²) in [6.45, 7) is 3.39. The van der Waals surface area contributed by atoms with E-state index in [-0.39, 0.29) is 28.6 Å².